The maximum Gasteiger partial charge on any atom is 0.0595 e. The van der Waals surface area contributed by atoms with Gasteiger partial charge >= 0.3 is 0 Å². The summed E-state index contributed by atoms with van der Waals surface area (Å²) in [7, 11) is 0. The second kappa shape index (κ2) is 6.58. The first-order valence-corrected chi connectivity index (χ1v) is 7.55. The van der Waals surface area contributed by atoms with Gasteiger partial charge < -0.3 is 5.32 Å². The van der Waals surface area contributed by atoms with E-state index < -0.39 is 0 Å². The van der Waals surface area contributed by atoms with Gasteiger partial charge in [-0.1, -0.05) is 42.3 Å². The molecule has 96 valence electrons. The minimum atomic E-state index is 0.281. The number of hydrogen-bond acceptors (Lipinski definition) is 2. The van der Waals surface area contributed by atoms with Crippen molar-refractivity contribution in [2.24, 2.45) is 0 Å². The highest BCUT2D eigenvalue weighted by Crippen LogP contribution is 2.28. The Morgan fingerprint density at radius 2 is 2.06 bits per heavy atom. The largest absolute Gasteiger partial charge is 0.310 e. The second-order valence-corrected chi connectivity index (χ2v) is 5.91. The fraction of sp³-hybridized carbons (Fsp3) is 0.286. The first-order valence-electron chi connectivity index (χ1n) is 5.91. The molecule has 0 aliphatic carbocycles. The van der Waals surface area contributed by atoms with E-state index in [1.165, 1.54) is 10.4 Å². The van der Waals surface area contributed by atoms with Gasteiger partial charge in [-0.15, -0.1) is 11.3 Å². The molecule has 1 N–H and O–H groups in total. The minimum absolute atomic E-state index is 0.281. The Hall–Kier alpha value is -0.540. The van der Waals surface area contributed by atoms with Gasteiger partial charge in [0, 0.05) is 17.3 Å². The first-order chi connectivity index (χ1) is 8.70. The molecule has 0 bridgehead atoms. The van der Waals surface area contributed by atoms with E-state index in [0.29, 0.717) is 10.0 Å². The number of likely N-dealkylation sites (N-methyl/N-ethyl adjacent to an activating group) is 1. The molecule has 1 aromatic heterocycles. The molecule has 0 saturated heterocycles. The van der Waals surface area contributed by atoms with Gasteiger partial charge in [-0.25, -0.2) is 0 Å². The van der Waals surface area contributed by atoms with E-state index in [1.807, 2.05) is 18.2 Å². The van der Waals surface area contributed by atoms with E-state index in [-0.39, 0.29) is 6.04 Å². The molecule has 1 unspecified atom stereocenters. The van der Waals surface area contributed by atoms with Crippen molar-refractivity contribution in [2.45, 2.75) is 19.4 Å². The van der Waals surface area contributed by atoms with Crippen LogP contribution >= 0.6 is 34.5 Å². The molecule has 1 nitrogen and oxygen atoms in total. The lowest BCUT2D eigenvalue weighted by Crippen LogP contribution is -2.22. The molecular weight excluding hydrogens is 285 g/mol. The third-order valence-electron chi connectivity index (χ3n) is 2.78. The zero-order chi connectivity index (χ0) is 13.0. The Balaban J connectivity index is 2.20. The van der Waals surface area contributed by atoms with Crippen molar-refractivity contribution >= 4 is 34.5 Å². The van der Waals surface area contributed by atoms with Gasteiger partial charge in [0.15, 0.2) is 0 Å². The molecule has 0 radical (unpaired) electrons. The third-order valence-corrected chi connectivity index (χ3v) is 4.42. The summed E-state index contributed by atoms with van der Waals surface area (Å²) in [5.74, 6) is 0. The Kier molecular flexibility index (Phi) is 5.07. The highest BCUT2D eigenvalue weighted by molar-refractivity contribution is 7.09. The standard InChI is InChI=1S/C14H15Cl2NS/c1-2-17-14(9-11-4-3-7-18-11)10-5-6-12(15)13(16)8-10/h3-8,14,17H,2,9H2,1H3. The van der Waals surface area contributed by atoms with Gasteiger partial charge in [-0.3, -0.25) is 0 Å². The van der Waals surface area contributed by atoms with Gasteiger partial charge in [0.05, 0.1) is 10.0 Å². The Morgan fingerprint density at radius 3 is 2.67 bits per heavy atom. The summed E-state index contributed by atoms with van der Waals surface area (Å²) in [5, 5.41) is 6.81. The average molecular weight is 300 g/mol. The van der Waals surface area contributed by atoms with Crippen LogP contribution in [0.3, 0.4) is 0 Å². The van der Waals surface area contributed by atoms with E-state index in [0.717, 1.165) is 13.0 Å². The van der Waals surface area contributed by atoms with Crippen LogP contribution in [0.15, 0.2) is 35.7 Å². The Morgan fingerprint density at radius 1 is 1.22 bits per heavy atom. The van der Waals surface area contributed by atoms with Crippen LogP contribution in [0, 0.1) is 0 Å². The van der Waals surface area contributed by atoms with Gasteiger partial charge in [-0.2, -0.15) is 0 Å². The summed E-state index contributed by atoms with van der Waals surface area (Å²) in [5.41, 5.74) is 1.18. The summed E-state index contributed by atoms with van der Waals surface area (Å²) in [6.07, 6.45) is 0.976. The van der Waals surface area contributed by atoms with Crippen molar-refractivity contribution in [1.82, 2.24) is 5.32 Å². The summed E-state index contributed by atoms with van der Waals surface area (Å²) >= 11 is 13.8. The third kappa shape index (κ3) is 3.48. The molecule has 2 rings (SSSR count). The van der Waals surface area contributed by atoms with Gasteiger partial charge in [0.25, 0.3) is 0 Å². The zero-order valence-corrected chi connectivity index (χ0v) is 12.4. The van der Waals surface area contributed by atoms with Gasteiger partial charge in [0.2, 0.25) is 0 Å². The predicted molar refractivity (Wildman–Crippen MR) is 80.9 cm³/mol. The lowest BCUT2D eigenvalue weighted by Gasteiger charge is -2.18. The van der Waals surface area contributed by atoms with Crippen LogP contribution in [0.25, 0.3) is 0 Å². The Labute approximate surface area is 122 Å². The smallest absolute Gasteiger partial charge is 0.0595 e. The summed E-state index contributed by atoms with van der Waals surface area (Å²) in [6.45, 7) is 3.04. The van der Waals surface area contributed by atoms with Crippen LogP contribution < -0.4 is 5.32 Å². The summed E-state index contributed by atoms with van der Waals surface area (Å²) < 4.78 is 0. The summed E-state index contributed by atoms with van der Waals surface area (Å²) in [4.78, 5) is 1.37. The molecule has 1 atom stereocenters. The number of halogens is 2. The number of thiophene rings is 1. The van der Waals surface area contributed by atoms with Crippen molar-refractivity contribution in [3.63, 3.8) is 0 Å². The Bertz CT molecular complexity index is 497. The molecule has 1 aromatic carbocycles. The van der Waals surface area contributed by atoms with Crippen LogP contribution in [-0.2, 0) is 6.42 Å². The normalized spacial score (nSPS) is 12.6. The molecular formula is C14H15Cl2NS. The SMILES string of the molecule is CCNC(Cc1cccs1)c1ccc(Cl)c(Cl)c1. The highest BCUT2D eigenvalue weighted by Gasteiger charge is 2.13. The van der Waals surface area contributed by atoms with E-state index >= 15 is 0 Å². The predicted octanol–water partition coefficient (Wildman–Crippen LogP) is 4.95. The van der Waals surface area contributed by atoms with Crippen LogP contribution in [0.2, 0.25) is 10.0 Å². The van der Waals surface area contributed by atoms with E-state index in [9.17, 15) is 0 Å². The highest BCUT2D eigenvalue weighted by atomic mass is 35.5. The van der Waals surface area contributed by atoms with Crippen molar-refractivity contribution in [1.29, 1.82) is 0 Å². The molecule has 0 amide bonds. The van der Waals surface area contributed by atoms with E-state index in [4.69, 9.17) is 23.2 Å². The van der Waals surface area contributed by atoms with Crippen LogP contribution in [0.4, 0.5) is 0 Å². The van der Waals surface area contributed by atoms with Crippen LogP contribution in [0.5, 0.6) is 0 Å². The monoisotopic (exact) mass is 299 g/mol. The lowest BCUT2D eigenvalue weighted by molar-refractivity contribution is 0.553. The fourth-order valence-electron chi connectivity index (χ4n) is 1.91. The minimum Gasteiger partial charge on any atom is -0.310 e. The summed E-state index contributed by atoms with van der Waals surface area (Å²) in [6, 6.07) is 10.4. The van der Waals surface area contributed by atoms with Crippen LogP contribution in [-0.4, -0.2) is 6.54 Å². The molecule has 0 fully saturated rings. The maximum atomic E-state index is 6.08. The number of nitrogens with one attached hydrogen (secondary N) is 1. The van der Waals surface area contributed by atoms with Crippen LogP contribution in [0.1, 0.15) is 23.4 Å². The van der Waals surface area contributed by atoms with Crippen molar-refractivity contribution < 1.29 is 0 Å². The van der Waals surface area contributed by atoms with E-state index in [2.05, 4.69) is 29.8 Å². The molecule has 0 aliphatic rings. The number of benzene rings is 1. The fourth-order valence-corrected chi connectivity index (χ4v) is 2.97. The number of hydrogen-bond donors (Lipinski definition) is 1. The maximum absolute atomic E-state index is 6.08. The lowest BCUT2D eigenvalue weighted by atomic mass is 10.0. The molecule has 0 saturated carbocycles. The number of rotatable bonds is 5. The van der Waals surface area contributed by atoms with Gasteiger partial charge in [0.1, 0.15) is 0 Å². The van der Waals surface area contributed by atoms with Crippen molar-refractivity contribution in [3.8, 4) is 0 Å². The zero-order valence-electron chi connectivity index (χ0n) is 10.1. The molecule has 2 aromatic rings. The molecule has 0 aliphatic heterocycles. The topological polar surface area (TPSA) is 12.0 Å². The second-order valence-electron chi connectivity index (χ2n) is 4.07. The van der Waals surface area contributed by atoms with Crippen molar-refractivity contribution in [3.05, 3.63) is 56.2 Å². The molecule has 1 heterocycles. The van der Waals surface area contributed by atoms with E-state index in [1.54, 1.807) is 11.3 Å². The quantitative estimate of drug-likeness (QED) is 0.824. The molecule has 18 heavy (non-hydrogen) atoms. The first kappa shape index (κ1) is 13.9. The van der Waals surface area contributed by atoms with Crippen molar-refractivity contribution in [2.75, 3.05) is 6.54 Å². The molecule has 4 heteroatoms. The van der Waals surface area contributed by atoms with Gasteiger partial charge in [-0.05, 0) is 35.7 Å². The molecule has 0 spiro atoms. The average Bonchev–Trinajstić information content (AvgIpc) is 2.85.